The fourth-order valence-corrected chi connectivity index (χ4v) is 3.25. The summed E-state index contributed by atoms with van der Waals surface area (Å²) in [6, 6.07) is 13.4. The number of carbonyl (C=O) groups excluding carboxylic acids is 2. The second-order valence-corrected chi connectivity index (χ2v) is 6.24. The molecule has 0 saturated heterocycles. The second-order valence-electron chi connectivity index (χ2n) is 5.21. The first-order chi connectivity index (χ1) is 11.5. The van der Waals surface area contributed by atoms with E-state index < -0.39 is 11.9 Å². The van der Waals surface area contributed by atoms with Crippen LogP contribution in [0.4, 0.5) is 5.69 Å². The average Bonchev–Trinajstić information content (AvgIpc) is 2.96. The van der Waals surface area contributed by atoms with Gasteiger partial charge in [-0.1, -0.05) is 6.07 Å². The number of hydrogen-bond acceptors (Lipinski definition) is 5. The number of carboxylic acids is 1. The number of hydrogen-bond donors (Lipinski definition) is 1. The van der Waals surface area contributed by atoms with Gasteiger partial charge in [-0.05, 0) is 55.0 Å². The molecule has 0 aliphatic heterocycles. The zero-order chi connectivity index (χ0) is 17.1. The van der Waals surface area contributed by atoms with Crippen LogP contribution in [0.5, 0.6) is 0 Å². The summed E-state index contributed by atoms with van der Waals surface area (Å²) in [5.74, 6) is -1.94. The van der Waals surface area contributed by atoms with E-state index in [0.717, 1.165) is 26.9 Å². The highest BCUT2D eigenvalue weighted by Crippen LogP contribution is 2.31. The van der Waals surface area contributed by atoms with Gasteiger partial charge in [0.25, 0.3) is 0 Å². The Labute approximate surface area is 142 Å². The summed E-state index contributed by atoms with van der Waals surface area (Å²) in [4.78, 5) is 26.4. The number of aliphatic carboxylic acids is 1. The van der Waals surface area contributed by atoms with Crippen LogP contribution in [0.25, 0.3) is 20.8 Å². The van der Waals surface area contributed by atoms with Gasteiger partial charge in [0.05, 0.1) is 16.2 Å². The van der Waals surface area contributed by atoms with Gasteiger partial charge in [0, 0.05) is 17.3 Å². The second kappa shape index (κ2) is 6.64. The molecule has 2 aromatic carbocycles. The number of thiazole rings is 1. The molecule has 0 aliphatic carbocycles. The summed E-state index contributed by atoms with van der Waals surface area (Å²) in [6.07, 6.45) is 1.60. The van der Waals surface area contributed by atoms with Crippen LogP contribution in [0.1, 0.15) is 5.56 Å². The minimum atomic E-state index is -1.41. The smallest absolute Gasteiger partial charge is 0.248 e. The predicted molar refractivity (Wildman–Crippen MR) is 92.6 cm³/mol. The minimum Gasteiger partial charge on any atom is -0.545 e. The van der Waals surface area contributed by atoms with Gasteiger partial charge in [-0.3, -0.25) is 4.79 Å². The Bertz CT molecular complexity index is 943. The number of anilines is 1. The molecule has 24 heavy (non-hydrogen) atoms. The maximum Gasteiger partial charge on any atom is 0.248 e. The first kappa shape index (κ1) is 15.9. The molecule has 0 aliphatic rings. The van der Waals surface area contributed by atoms with Gasteiger partial charge < -0.3 is 15.2 Å². The van der Waals surface area contributed by atoms with Crippen LogP contribution >= 0.6 is 11.3 Å². The fraction of sp³-hybridized carbons (Fsp3) is 0.0556. The first-order valence-corrected chi connectivity index (χ1v) is 8.00. The number of benzene rings is 2. The quantitative estimate of drug-likeness (QED) is 0.742. The molecule has 1 aromatic heterocycles. The van der Waals surface area contributed by atoms with E-state index in [1.807, 2.05) is 31.2 Å². The topological polar surface area (TPSA) is 82.1 Å². The highest BCUT2D eigenvalue weighted by Gasteiger charge is 2.07. The Kier molecular flexibility index (Phi) is 4.39. The highest BCUT2D eigenvalue weighted by atomic mass is 32.1. The highest BCUT2D eigenvalue weighted by molar-refractivity contribution is 7.21. The number of amides is 1. The van der Waals surface area contributed by atoms with Crippen LogP contribution in [0.15, 0.2) is 54.6 Å². The lowest BCUT2D eigenvalue weighted by molar-refractivity contribution is -0.297. The summed E-state index contributed by atoms with van der Waals surface area (Å²) in [7, 11) is 0. The Balaban J connectivity index is 1.78. The van der Waals surface area contributed by atoms with Gasteiger partial charge >= 0.3 is 0 Å². The van der Waals surface area contributed by atoms with Crippen molar-refractivity contribution in [2.75, 3.05) is 5.32 Å². The summed E-state index contributed by atoms with van der Waals surface area (Å²) in [5.41, 5.74) is 3.69. The molecular formula is C18H13N2O3S-. The maximum absolute atomic E-state index is 11.5. The summed E-state index contributed by atoms with van der Waals surface area (Å²) < 4.78 is 1.13. The normalized spacial score (nSPS) is 11.0. The van der Waals surface area contributed by atoms with Crippen molar-refractivity contribution in [1.82, 2.24) is 4.98 Å². The number of carbonyl (C=O) groups is 2. The molecule has 6 heteroatoms. The van der Waals surface area contributed by atoms with Crippen molar-refractivity contribution in [3.8, 4) is 10.6 Å². The Morgan fingerprint density at radius 1 is 1.12 bits per heavy atom. The van der Waals surface area contributed by atoms with E-state index in [2.05, 4.69) is 16.4 Å². The molecular weight excluding hydrogens is 324 g/mol. The summed E-state index contributed by atoms with van der Waals surface area (Å²) >= 11 is 1.61. The zero-order valence-electron chi connectivity index (χ0n) is 12.8. The third-order valence-electron chi connectivity index (χ3n) is 3.31. The molecule has 0 atom stereocenters. The molecule has 0 radical (unpaired) electrons. The standard InChI is InChI=1S/C18H14N2O3S/c1-11-2-7-14-15(10-11)24-18(20-14)12-3-5-13(6-4-12)19-16(21)8-9-17(22)23/h2-10H,1H3,(H,19,21)(H,22,23)/p-1/b9-8+. The van der Waals surface area contributed by atoms with Crippen LogP contribution in [-0.4, -0.2) is 16.9 Å². The Morgan fingerprint density at radius 2 is 1.88 bits per heavy atom. The molecule has 3 rings (SSSR count). The lowest BCUT2D eigenvalue weighted by atomic mass is 10.2. The van der Waals surface area contributed by atoms with Crippen LogP contribution in [0.2, 0.25) is 0 Å². The van der Waals surface area contributed by atoms with E-state index in [0.29, 0.717) is 11.8 Å². The molecule has 0 unspecified atom stereocenters. The van der Waals surface area contributed by atoms with Gasteiger partial charge in [-0.2, -0.15) is 0 Å². The van der Waals surface area contributed by atoms with Crippen LogP contribution in [0.3, 0.4) is 0 Å². The van der Waals surface area contributed by atoms with Crippen molar-refractivity contribution in [2.45, 2.75) is 6.92 Å². The van der Waals surface area contributed by atoms with Gasteiger partial charge in [0.2, 0.25) is 5.91 Å². The van der Waals surface area contributed by atoms with Crippen LogP contribution in [0, 0.1) is 6.92 Å². The van der Waals surface area contributed by atoms with E-state index in [-0.39, 0.29) is 0 Å². The molecule has 1 amide bonds. The first-order valence-electron chi connectivity index (χ1n) is 7.19. The van der Waals surface area contributed by atoms with Crippen LogP contribution in [-0.2, 0) is 9.59 Å². The zero-order valence-corrected chi connectivity index (χ0v) is 13.6. The van der Waals surface area contributed by atoms with Gasteiger partial charge in [-0.15, -0.1) is 11.3 Å². The van der Waals surface area contributed by atoms with Crippen molar-refractivity contribution in [3.05, 3.63) is 60.2 Å². The van der Waals surface area contributed by atoms with E-state index in [4.69, 9.17) is 0 Å². The summed E-state index contributed by atoms with van der Waals surface area (Å²) in [5, 5.41) is 13.8. The van der Waals surface area contributed by atoms with Gasteiger partial charge in [0.1, 0.15) is 5.01 Å². The molecule has 0 fully saturated rings. The molecule has 1 heterocycles. The number of aryl methyl sites for hydroxylation is 1. The molecule has 5 nitrogen and oxygen atoms in total. The largest absolute Gasteiger partial charge is 0.545 e. The number of nitrogens with one attached hydrogen (secondary N) is 1. The van der Waals surface area contributed by atoms with E-state index in [1.165, 1.54) is 5.56 Å². The lowest BCUT2D eigenvalue weighted by Crippen LogP contribution is -2.20. The van der Waals surface area contributed by atoms with Gasteiger partial charge in [0.15, 0.2) is 0 Å². The van der Waals surface area contributed by atoms with E-state index >= 15 is 0 Å². The monoisotopic (exact) mass is 337 g/mol. The maximum atomic E-state index is 11.5. The Hall–Kier alpha value is -2.99. The number of rotatable bonds is 4. The number of fused-ring (bicyclic) bond motifs is 1. The van der Waals surface area contributed by atoms with E-state index in [9.17, 15) is 14.7 Å². The van der Waals surface area contributed by atoms with Crippen molar-refractivity contribution in [3.63, 3.8) is 0 Å². The predicted octanol–water partition coefficient (Wildman–Crippen LogP) is 2.52. The number of nitrogens with zero attached hydrogens (tertiary/aromatic N) is 1. The minimum absolute atomic E-state index is 0.526. The summed E-state index contributed by atoms with van der Waals surface area (Å²) in [6.45, 7) is 2.05. The van der Waals surface area contributed by atoms with Crippen molar-refractivity contribution < 1.29 is 14.7 Å². The lowest BCUT2D eigenvalue weighted by Gasteiger charge is -2.03. The van der Waals surface area contributed by atoms with Crippen molar-refractivity contribution in [2.24, 2.45) is 0 Å². The molecule has 120 valence electrons. The van der Waals surface area contributed by atoms with Crippen molar-refractivity contribution >= 4 is 39.1 Å². The van der Waals surface area contributed by atoms with Gasteiger partial charge in [-0.25, -0.2) is 4.98 Å². The molecule has 0 spiro atoms. The number of carboxylic acid groups (broad SMARTS) is 1. The van der Waals surface area contributed by atoms with Crippen molar-refractivity contribution in [1.29, 1.82) is 0 Å². The van der Waals surface area contributed by atoms with Crippen LogP contribution < -0.4 is 10.4 Å². The third-order valence-corrected chi connectivity index (χ3v) is 4.38. The SMILES string of the molecule is Cc1ccc2nc(-c3ccc(NC(=O)/C=C/C(=O)[O-])cc3)sc2c1. The third kappa shape index (κ3) is 3.67. The molecule has 0 bridgehead atoms. The fourth-order valence-electron chi connectivity index (χ4n) is 2.18. The molecule has 0 saturated carbocycles. The Morgan fingerprint density at radius 3 is 2.58 bits per heavy atom. The molecule has 3 aromatic rings. The van der Waals surface area contributed by atoms with E-state index in [1.54, 1.807) is 23.5 Å². The molecule has 1 N–H and O–H groups in total. The average molecular weight is 337 g/mol. The number of aromatic nitrogens is 1.